The number of carbonyl (C=O) groups excluding carboxylic acids is 1. The minimum atomic E-state index is -0.744. The van der Waals surface area contributed by atoms with Gasteiger partial charge in [0.05, 0.1) is 25.1 Å². The molecule has 0 spiro atoms. The molecule has 7 heteroatoms. The van der Waals surface area contributed by atoms with Crippen LogP contribution in [0.5, 0.6) is 11.5 Å². The molecule has 18 heavy (non-hydrogen) atoms. The molecule has 0 bridgehead atoms. The molecule has 0 unspecified atom stereocenters. The van der Waals surface area contributed by atoms with E-state index in [1.165, 1.54) is 13.2 Å². The Morgan fingerprint density at radius 2 is 2.17 bits per heavy atom. The highest BCUT2D eigenvalue weighted by Gasteiger charge is 2.20. The first-order chi connectivity index (χ1) is 8.49. The SMILES string of the molecule is CCOC(=O)Cc1cc(OC)c(O)c([N+](=O)[O-])c1. The molecule has 0 radical (unpaired) electrons. The standard InChI is InChI=1S/C11H13NO6/c1-3-18-10(13)6-7-4-8(12(15)16)11(14)9(5-7)17-2/h4-5,14H,3,6H2,1-2H3. The first kappa shape index (κ1) is 13.8. The summed E-state index contributed by atoms with van der Waals surface area (Å²) in [5, 5.41) is 20.3. The number of ether oxygens (including phenoxy) is 2. The summed E-state index contributed by atoms with van der Waals surface area (Å²) in [6.45, 7) is 1.90. The van der Waals surface area contributed by atoms with Crippen molar-refractivity contribution in [3.05, 3.63) is 27.8 Å². The second-order valence-electron chi connectivity index (χ2n) is 3.40. The summed E-state index contributed by atoms with van der Waals surface area (Å²) in [5.74, 6) is -1.11. The Morgan fingerprint density at radius 3 is 2.67 bits per heavy atom. The Kier molecular flexibility index (Phi) is 4.47. The first-order valence-corrected chi connectivity index (χ1v) is 5.19. The first-order valence-electron chi connectivity index (χ1n) is 5.19. The van der Waals surface area contributed by atoms with Gasteiger partial charge in [-0.1, -0.05) is 0 Å². The Balaban J connectivity index is 3.10. The third-order valence-electron chi connectivity index (χ3n) is 2.19. The molecule has 0 heterocycles. The van der Waals surface area contributed by atoms with Crippen molar-refractivity contribution in [1.82, 2.24) is 0 Å². The van der Waals surface area contributed by atoms with Crippen molar-refractivity contribution in [3.8, 4) is 11.5 Å². The Morgan fingerprint density at radius 1 is 1.50 bits per heavy atom. The zero-order valence-electron chi connectivity index (χ0n) is 10.0. The molecule has 0 aromatic heterocycles. The molecule has 0 atom stereocenters. The highest BCUT2D eigenvalue weighted by Crippen LogP contribution is 2.36. The predicted molar refractivity (Wildman–Crippen MR) is 61.7 cm³/mol. The molecule has 1 N–H and O–H groups in total. The molecule has 0 amide bonds. The number of phenols is 1. The average molecular weight is 255 g/mol. The lowest BCUT2D eigenvalue weighted by molar-refractivity contribution is -0.386. The van der Waals surface area contributed by atoms with Crippen LogP contribution in [-0.2, 0) is 16.0 Å². The van der Waals surface area contributed by atoms with Crippen molar-refractivity contribution in [1.29, 1.82) is 0 Å². The van der Waals surface area contributed by atoms with E-state index in [9.17, 15) is 20.0 Å². The van der Waals surface area contributed by atoms with E-state index in [0.29, 0.717) is 5.56 Å². The van der Waals surface area contributed by atoms with Crippen LogP contribution >= 0.6 is 0 Å². The zero-order chi connectivity index (χ0) is 13.7. The lowest BCUT2D eigenvalue weighted by Gasteiger charge is -2.07. The molecule has 98 valence electrons. The number of nitro groups is 1. The highest BCUT2D eigenvalue weighted by molar-refractivity contribution is 5.73. The topological polar surface area (TPSA) is 98.9 Å². The molecule has 1 rings (SSSR count). The molecular weight excluding hydrogens is 242 g/mol. The van der Waals surface area contributed by atoms with Gasteiger partial charge in [0.15, 0.2) is 5.75 Å². The van der Waals surface area contributed by atoms with Crippen LogP contribution in [0, 0.1) is 10.1 Å². The maximum Gasteiger partial charge on any atom is 0.314 e. The van der Waals surface area contributed by atoms with E-state index in [0.717, 1.165) is 6.07 Å². The third kappa shape index (κ3) is 3.09. The maximum atomic E-state index is 11.3. The van der Waals surface area contributed by atoms with Crippen LogP contribution in [0.3, 0.4) is 0 Å². The second-order valence-corrected chi connectivity index (χ2v) is 3.40. The van der Waals surface area contributed by atoms with Gasteiger partial charge in [-0.3, -0.25) is 14.9 Å². The van der Waals surface area contributed by atoms with Gasteiger partial charge in [0.25, 0.3) is 0 Å². The Bertz CT molecular complexity index is 471. The van der Waals surface area contributed by atoms with Crippen LogP contribution in [0.2, 0.25) is 0 Å². The number of aromatic hydroxyl groups is 1. The number of phenolic OH excluding ortho intramolecular Hbond substituents is 1. The molecule has 0 saturated heterocycles. The smallest absolute Gasteiger partial charge is 0.314 e. The lowest BCUT2D eigenvalue weighted by atomic mass is 10.1. The summed E-state index contributed by atoms with van der Waals surface area (Å²) < 4.78 is 9.55. The van der Waals surface area contributed by atoms with Gasteiger partial charge in [-0.25, -0.2) is 0 Å². The second kappa shape index (κ2) is 5.85. The van der Waals surface area contributed by atoms with Gasteiger partial charge in [0.2, 0.25) is 5.75 Å². The number of hydrogen-bond donors (Lipinski definition) is 1. The van der Waals surface area contributed by atoms with Gasteiger partial charge < -0.3 is 14.6 Å². The molecule has 0 fully saturated rings. The van der Waals surface area contributed by atoms with Crippen molar-refractivity contribution in [2.45, 2.75) is 13.3 Å². The van der Waals surface area contributed by atoms with Gasteiger partial charge in [-0.05, 0) is 18.6 Å². The molecule has 0 aliphatic carbocycles. The van der Waals surface area contributed by atoms with Gasteiger partial charge in [0, 0.05) is 6.07 Å². The fraction of sp³-hybridized carbons (Fsp3) is 0.364. The van der Waals surface area contributed by atoms with Crippen LogP contribution in [-0.4, -0.2) is 29.7 Å². The number of nitro benzene ring substituents is 1. The molecule has 7 nitrogen and oxygen atoms in total. The number of benzene rings is 1. The van der Waals surface area contributed by atoms with Gasteiger partial charge in [-0.15, -0.1) is 0 Å². The summed E-state index contributed by atoms with van der Waals surface area (Å²) in [6, 6.07) is 2.48. The van der Waals surface area contributed by atoms with Crippen LogP contribution in [0.25, 0.3) is 0 Å². The molecule has 0 saturated carbocycles. The van der Waals surface area contributed by atoms with E-state index in [4.69, 9.17) is 9.47 Å². The fourth-order valence-corrected chi connectivity index (χ4v) is 1.42. The number of carbonyl (C=O) groups is 1. The summed E-state index contributed by atoms with van der Waals surface area (Å²) >= 11 is 0. The third-order valence-corrected chi connectivity index (χ3v) is 2.19. The lowest BCUT2D eigenvalue weighted by Crippen LogP contribution is -2.08. The number of nitrogens with zero attached hydrogens (tertiary/aromatic N) is 1. The van der Waals surface area contributed by atoms with E-state index >= 15 is 0 Å². The van der Waals surface area contributed by atoms with Gasteiger partial charge in [0.1, 0.15) is 0 Å². The summed E-state index contributed by atoms with van der Waals surface area (Å²) in [6.07, 6.45) is -0.120. The highest BCUT2D eigenvalue weighted by atomic mass is 16.6. The zero-order valence-corrected chi connectivity index (χ0v) is 10.0. The van der Waals surface area contributed by atoms with Crippen molar-refractivity contribution < 1.29 is 24.3 Å². The number of methoxy groups -OCH3 is 1. The quantitative estimate of drug-likeness (QED) is 0.485. The monoisotopic (exact) mass is 255 g/mol. The normalized spacial score (nSPS) is 9.89. The predicted octanol–water partition coefficient (Wildman–Crippen LogP) is 1.41. The average Bonchev–Trinajstić information content (AvgIpc) is 2.31. The summed E-state index contributed by atoms with van der Waals surface area (Å²) in [4.78, 5) is 21.3. The van der Waals surface area contributed by atoms with Crippen LogP contribution in [0.4, 0.5) is 5.69 Å². The minimum absolute atomic E-state index is 0.0523. The molecule has 0 aliphatic heterocycles. The van der Waals surface area contributed by atoms with Gasteiger partial charge in [-0.2, -0.15) is 0 Å². The van der Waals surface area contributed by atoms with E-state index in [-0.39, 0.29) is 18.8 Å². The number of esters is 1. The Labute approximate surface area is 103 Å². The summed E-state index contributed by atoms with van der Waals surface area (Å²) in [7, 11) is 1.27. The number of hydrogen-bond acceptors (Lipinski definition) is 6. The molecule has 0 aliphatic rings. The number of rotatable bonds is 5. The molecule has 1 aromatic rings. The summed E-state index contributed by atoms with van der Waals surface area (Å²) in [5.41, 5.74) is -0.163. The van der Waals surface area contributed by atoms with Crippen molar-refractivity contribution in [3.63, 3.8) is 0 Å². The van der Waals surface area contributed by atoms with Crippen LogP contribution < -0.4 is 4.74 Å². The fourth-order valence-electron chi connectivity index (χ4n) is 1.42. The van der Waals surface area contributed by atoms with Crippen molar-refractivity contribution in [2.24, 2.45) is 0 Å². The van der Waals surface area contributed by atoms with E-state index in [2.05, 4.69) is 0 Å². The minimum Gasteiger partial charge on any atom is -0.500 e. The van der Waals surface area contributed by atoms with Crippen LogP contribution in [0.1, 0.15) is 12.5 Å². The largest absolute Gasteiger partial charge is 0.500 e. The van der Waals surface area contributed by atoms with E-state index in [1.807, 2.05) is 0 Å². The van der Waals surface area contributed by atoms with E-state index < -0.39 is 22.3 Å². The molecular formula is C11H13NO6. The van der Waals surface area contributed by atoms with Gasteiger partial charge >= 0.3 is 11.7 Å². The van der Waals surface area contributed by atoms with E-state index in [1.54, 1.807) is 6.92 Å². The van der Waals surface area contributed by atoms with Crippen LogP contribution in [0.15, 0.2) is 12.1 Å². The molecule has 1 aromatic carbocycles. The maximum absolute atomic E-state index is 11.3. The Hall–Kier alpha value is -2.31. The van der Waals surface area contributed by atoms with Crippen molar-refractivity contribution in [2.75, 3.05) is 13.7 Å². The van der Waals surface area contributed by atoms with Crippen molar-refractivity contribution >= 4 is 11.7 Å².